The van der Waals surface area contributed by atoms with Crippen LogP contribution in [0.1, 0.15) is 13.8 Å². The van der Waals surface area contributed by atoms with Crippen LogP contribution in [0.5, 0.6) is 5.75 Å². The molecule has 0 radical (unpaired) electrons. The van der Waals surface area contributed by atoms with Gasteiger partial charge in [-0.3, -0.25) is 0 Å². The Kier molecular flexibility index (Phi) is 1.54. The molecule has 1 aromatic rings. The molecule has 2 heteroatoms. The van der Waals surface area contributed by atoms with Crippen molar-refractivity contribution >= 4 is 5.69 Å². The number of para-hydroxylation sites is 2. The van der Waals surface area contributed by atoms with Crippen LogP contribution in [0, 0.1) is 0 Å². The Bertz CT molecular complexity index is 308. The highest BCUT2D eigenvalue weighted by Crippen LogP contribution is 2.31. The molecule has 0 saturated carbocycles. The summed E-state index contributed by atoms with van der Waals surface area (Å²) in [6, 6.07) is 7.92. The summed E-state index contributed by atoms with van der Waals surface area (Å²) in [5.41, 5.74) is 2.12. The summed E-state index contributed by atoms with van der Waals surface area (Å²) in [5, 5.41) is 3.26. The quantitative estimate of drug-likeness (QED) is 0.631. The Hall–Kier alpha value is -1.44. The van der Waals surface area contributed by atoms with Gasteiger partial charge in [0.15, 0.2) is 0 Å². The first kappa shape index (κ1) is 7.22. The third-order valence-electron chi connectivity index (χ3n) is 2.00. The van der Waals surface area contributed by atoms with Gasteiger partial charge in [0, 0.05) is 0 Å². The Morgan fingerprint density at radius 1 is 1.17 bits per heavy atom. The molecule has 1 N–H and O–H groups in total. The van der Waals surface area contributed by atoms with Gasteiger partial charge in [-0.05, 0) is 26.0 Å². The molecule has 0 spiro atoms. The van der Waals surface area contributed by atoms with Crippen molar-refractivity contribution in [3.05, 3.63) is 35.7 Å². The minimum Gasteiger partial charge on any atom is -0.458 e. The Morgan fingerprint density at radius 2 is 1.92 bits per heavy atom. The van der Waals surface area contributed by atoms with E-state index >= 15 is 0 Å². The number of ether oxygens (including phenoxy) is 1. The summed E-state index contributed by atoms with van der Waals surface area (Å²) < 4.78 is 5.56. The van der Waals surface area contributed by atoms with E-state index in [0.29, 0.717) is 0 Å². The van der Waals surface area contributed by atoms with Gasteiger partial charge in [-0.1, -0.05) is 12.1 Å². The SMILES string of the molecule is CC1=C(C)Oc2ccccc2N1. The van der Waals surface area contributed by atoms with E-state index in [1.165, 1.54) is 0 Å². The molecule has 0 aromatic heterocycles. The number of benzene rings is 1. The second-order valence-electron chi connectivity index (χ2n) is 2.90. The highest BCUT2D eigenvalue weighted by molar-refractivity contribution is 5.61. The smallest absolute Gasteiger partial charge is 0.150 e. The fourth-order valence-corrected chi connectivity index (χ4v) is 1.19. The molecule has 0 atom stereocenters. The number of allylic oxidation sites excluding steroid dienone is 2. The summed E-state index contributed by atoms with van der Waals surface area (Å²) in [7, 11) is 0. The standard InChI is InChI=1S/C10H11NO/c1-7-8(2)12-10-6-4-3-5-9(10)11-7/h3-6,11H,1-2H3. The summed E-state index contributed by atoms with van der Waals surface area (Å²) in [6.45, 7) is 3.96. The minimum absolute atomic E-state index is 0.903. The predicted octanol–water partition coefficient (Wildman–Crippen LogP) is 2.74. The Balaban J connectivity index is 2.43. The lowest BCUT2D eigenvalue weighted by Gasteiger charge is -2.20. The van der Waals surface area contributed by atoms with Gasteiger partial charge >= 0.3 is 0 Å². The summed E-state index contributed by atoms with van der Waals surface area (Å²) in [6.07, 6.45) is 0. The summed E-state index contributed by atoms with van der Waals surface area (Å²) in [5.74, 6) is 1.84. The van der Waals surface area contributed by atoms with Gasteiger partial charge in [-0.25, -0.2) is 0 Å². The van der Waals surface area contributed by atoms with Crippen LogP contribution in [0.15, 0.2) is 35.7 Å². The number of hydrogen-bond acceptors (Lipinski definition) is 2. The highest BCUT2D eigenvalue weighted by atomic mass is 16.5. The second-order valence-corrected chi connectivity index (χ2v) is 2.90. The number of rotatable bonds is 0. The lowest BCUT2D eigenvalue weighted by atomic mass is 10.2. The molecule has 12 heavy (non-hydrogen) atoms. The van der Waals surface area contributed by atoms with Crippen LogP contribution in [-0.4, -0.2) is 0 Å². The lowest BCUT2D eigenvalue weighted by molar-refractivity contribution is 0.416. The first-order chi connectivity index (χ1) is 5.77. The van der Waals surface area contributed by atoms with E-state index in [1.807, 2.05) is 38.1 Å². The fourth-order valence-electron chi connectivity index (χ4n) is 1.19. The topological polar surface area (TPSA) is 21.3 Å². The fraction of sp³-hybridized carbons (Fsp3) is 0.200. The van der Waals surface area contributed by atoms with E-state index in [4.69, 9.17) is 4.74 Å². The molecular weight excluding hydrogens is 150 g/mol. The van der Waals surface area contributed by atoms with Gasteiger partial charge in [-0.2, -0.15) is 0 Å². The molecule has 1 aromatic carbocycles. The Morgan fingerprint density at radius 3 is 2.75 bits per heavy atom. The van der Waals surface area contributed by atoms with Crippen molar-refractivity contribution in [2.24, 2.45) is 0 Å². The van der Waals surface area contributed by atoms with Gasteiger partial charge in [0.1, 0.15) is 11.5 Å². The molecule has 0 fully saturated rings. The average Bonchev–Trinajstić information content (AvgIpc) is 2.07. The maximum Gasteiger partial charge on any atom is 0.150 e. The largest absolute Gasteiger partial charge is 0.458 e. The molecule has 0 bridgehead atoms. The number of fused-ring (bicyclic) bond motifs is 1. The third-order valence-corrected chi connectivity index (χ3v) is 2.00. The highest BCUT2D eigenvalue weighted by Gasteiger charge is 2.11. The van der Waals surface area contributed by atoms with Crippen molar-refractivity contribution in [3.63, 3.8) is 0 Å². The van der Waals surface area contributed by atoms with Crippen LogP contribution in [0.3, 0.4) is 0 Å². The molecule has 0 aliphatic carbocycles. The molecule has 1 aliphatic rings. The van der Waals surface area contributed by atoms with Crippen molar-refractivity contribution in [1.29, 1.82) is 0 Å². The number of anilines is 1. The van der Waals surface area contributed by atoms with Gasteiger partial charge in [0.05, 0.1) is 11.4 Å². The first-order valence-corrected chi connectivity index (χ1v) is 3.99. The van der Waals surface area contributed by atoms with Crippen molar-refractivity contribution in [2.75, 3.05) is 5.32 Å². The first-order valence-electron chi connectivity index (χ1n) is 3.99. The van der Waals surface area contributed by atoms with Crippen molar-refractivity contribution in [3.8, 4) is 5.75 Å². The number of nitrogens with one attached hydrogen (secondary N) is 1. The van der Waals surface area contributed by atoms with E-state index in [1.54, 1.807) is 0 Å². The molecular formula is C10H11NO. The molecule has 2 rings (SSSR count). The maximum absolute atomic E-state index is 5.56. The maximum atomic E-state index is 5.56. The van der Waals surface area contributed by atoms with Gasteiger partial charge in [0.2, 0.25) is 0 Å². The Labute approximate surface area is 71.9 Å². The lowest BCUT2D eigenvalue weighted by Crippen LogP contribution is -2.09. The molecule has 0 unspecified atom stereocenters. The molecule has 1 aliphatic heterocycles. The summed E-state index contributed by atoms with van der Waals surface area (Å²) >= 11 is 0. The average molecular weight is 161 g/mol. The summed E-state index contributed by atoms with van der Waals surface area (Å²) in [4.78, 5) is 0. The molecule has 0 saturated heterocycles. The normalized spacial score (nSPS) is 14.8. The molecule has 62 valence electrons. The van der Waals surface area contributed by atoms with Gasteiger partial charge in [0.25, 0.3) is 0 Å². The van der Waals surface area contributed by atoms with Gasteiger partial charge < -0.3 is 10.1 Å². The molecule has 0 amide bonds. The van der Waals surface area contributed by atoms with E-state index < -0.39 is 0 Å². The number of hydrogen-bond donors (Lipinski definition) is 1. The minimum atomic E-state index is 0.903. The van der Waals surface area contributed by atoms with Crippen molar-refractivity contribution in [1.82, 2.24) is 0 Å². The van der Waals surface area contributed by atoms with Crippen LogP contribution < -0.4 is 10.1 Å². The van der Waals surface area contributed by atoms with E-state index in [-0.39, 0.29) is 0 Å². The molecule has 2 nitrogen and oxygen atoms in total. The zero-order chi connectivity index (χ0) is 8.55. The van der Waals surface area contributed by atoms with Crippen LogP contribution >= 0.6 is 0 Å². The van der Waals surface area contributed by atoms with Gasteiger partial charge in [-0.15, -0.1) is 0 Å². The second kappa shape index (κ2) is 2.55. The van der Waals surface area contributed by atoms with Crippen LogP contribution in [0.4, 0.5) is 5.69 Å². The van der Waals surface area contributed by atoms with Crippen LogP contribution in [0.25, 0.3) is 0 Å². The zero-order valence-corrected chi connectivity index (χ0v) is 7.22. The van der Waals surface area contributed by atoms with E-state index in [9.17, 15) is 0 Å². The zero-order valence-electron chi connectivity index (χ0n) is 7.22. The van der Waals surface area contributed by atoms with Crippen LogP contribution in [0.2, 0.25) is 0 Å². The third kappa shape index (κ3) is 1.05. The van der Waals surface area contributed by atoms with E-state index in [0.717, 1.165) is 22.9 Å². The van der Waals surface area contributed by atoms with Crippen LogP contribution in [-0.2, 0) is 0 Å². The monoisotopic (exact) mass is 161 g/mol. The molecule has 1 heterocycles. The van der Waals surface area contributed by atoms with Crippen molar-refractivity contribution < 1.29 is 4.74 Å². The van der Waals surface area contributed by atoms with Crippen molar-refractivity contribution in [2.45, 2.75) is 13.8 Å². The van der Waals surface area contributed by atoms with E-state index in [2.05, 4.69) is 5.32 Å². The predicted molar refractivity (Wildman–Crippen MR) is 49.1 cm³/mol.